The number of morpholine rings is 1. The maximum atomic E-state index is 5.52. The fourth-order valence-electron chi connectivity index (χ4n) is 2.98. The Morgan fingerprint density at radius 2 is 2.04 bits per heavy atom. The number of ether oxygens (including phenoxy) is 1. The lowest BCUT2D eigenvalue weighted by Gasteiger charge is -2.42. The van der Waals surface area contributed by atoms with Crippen LogP contribution in [-0.4, -0.2) is 73.8 Å². The molecule has 2 N–H and O–H groups in total. The molecule has 0 bridgehead atoms. The van der Waals surface area contributed by atoms with Crippen molar-refractivity contribution in [2.24, 2.45) is 10.9 Å². The monoisotopic (exact) mass is 456 g/mol. The fraction of sp³-hybridized carbons (Fsp3) is 0.938. The Hall–Kier alpha value is 0.270. The average molecular weight is 456 g/mol. The zero-order valence-corrected chi connectivity index (χ0v) is 17.9. The van der Waals surface area contributed by atoms with E-state index in [-0.39, 0.29) is 29.5 Å². The molecular weight excluding hydrogens is 423 g/mol. The standard InChI is InChI=1S/C16H32N4OS.HI/c1-4-17-15(18-11-14(2)3)19-12-16(5-10-22-13-16)20-6-8-21-9-7-20;/h14H,4-13H2,1-3H3,(H2,17,18,19);1H. The predicted octanol–water partition coefficient (Wildman–Crippen LogP) is 2.02. The second-order valence-electron chi connectivity index (χ2n) is 6.60. The first kappa shape index (κ1) is 21.3. The Labute approximate surface area is 162 Å². The van der Waals surface area contributed by atoms with Gasteiger partial charge in [-0.05, 0) is 25.0 Å². The molecule has 0 aromatic carbocycles. The van der Waals surface area contributed by atoms with E-state index >= 15 is 0 Å². The van der Waals surface area contributed by atoms with E-state index in [1.54, 1.807) is 0 Å². The first-order valence-electron chi connectivity index (χ1n) is 8.59. The third kappa shape index (κ3) is 6.59. The van der Waals surface area contributed by atoms with E-state index in [9.17, 15) is 0 Å². The van der Waals surface area contributed by atoms with Crippen LogP contribution in [-0.2, 0) is 4.74 Å². The first-order valence-corrected chi connectivity index (χ1v) is 9.74. The Kier molecular flexibility index (Phi) is 10.2. The Morgan fingerprint density at radius 3 is 2.61 bits per heavy atom. The number of nitrogens with zero attached hydrogens (tertiary/aromatic N) is 2. The van der Waals surface area contributed by atoms with E-state index in [4.69, 9.17) is 9.73 Å². The fourth-order valence-corrected chi connectivity index (χ4v) is 4.44. The van der Waals surface area contributed by atoms with Crippen LogP contribution in [0.5, 0.6) is 0 Å². The number of rotatable bonds is 6. The summed E-state index contributed by atoms with van der Waals surface area (Å²) in [6.45, 7) is 13.1. The molecule has 0 aromatic heterocycles. The van der Waals surface area contributed by atoms with Crippen LogP contribution in [0, 0.1) is 5.92 Å². The van der Waals surface area contributed by atoms with Crippen LogP contribution in [0.2, 0.25) is 0 Å². The Bertz CT molecular complexity index is 356. The van der Waals surface area contributed by atoms with Crippen LogP contribution in [0.15, 0.2) is 4.99 Å². The summed E-state index contributed by atoms with van der Waals surface area (Å²) in [4.78, 5) is 7.53. The molecule has 2 fully saturated rings. The van der Waals surface area contributed by atoms with Crippen molar-refractivity contribution < 1.29 is 4.74 Å². The van der Waals surface area contributed by atoms with Gasteiger partial charge in [-0.25, -0.2) is 0 Å². The molecule has 0 amide bonds. The van der Waals surface area contributed by atoms with Gasteiger partial charge in [-0.2, -0.15) is 11.8 Å². The third-order valence-electron chi connectivity index (χ3n) is 4.32. The molecule has 2 heterocycles. The summed E-state index contributed by atoms with van der Waals surface area (Å²) in [6, 6.07) is 0. The van der Waals surface area contributed by atoms with Crippen LogP contribution in [0.25, 0.3) is 0 Å². The molecule has 2 rings (SSSR count). The van der Waals surface area contributed by atoms with Crippen LogP contribution < -0.4 is 10.6 Å². The molecule has 5 nitrogen and oxygen atoms in total. The van der Waals surface area contributed by atoms with Gasteiger partial charge in [0, 0.05) is 31.9 Å². The minimum atomic E-state index is 0. The van der Waals surface area contributed by atoms with Gasteiger partial charge < -0.3 is 15.4 Å². The van der Waals surface area contributed by atoms with Gasteiger partial charge in [0.1, 0.15) is 0 Å². The molecule has 0 aliphatic carbocycles. The summed E-state index contributed by atoms with van der Waals surface area (Å²) in [5, 5.41) is 6.82. The SMILES string of the molecule is CCNC(=NCC1(N2CCOCC2)CCSC1)NCC(C)C.I. The molecule has 2 saturated heterocycles. The van der Waals surface area contributed by atoms with Crippen LogP contribution >= 0.6 is 35.7 Å². The van der Waals surface area contributed by atoms with Crippen LogP contribution in [0.4, 0.5) is 0 Å². The molecule has 0 radical (unpaired) electrons. The van der Waals surface area contributed by atoms with Gasteiger partial charge in [-0.1, -0.05) is 13.8 Å². The number of guanidine groups is 1. The zero-order chi connectivity index (χ0) is 15.8. The third-order valence-corrected chi connectivity index (χ3v) is 5.55. The smallest absolute Gasteiger partial charge is 0.191 e. The van der Waals surface area contributed by atoms with Gasteiger partial charge in [0.05, 0.1) is 25.3 Å². The summed E-state index contributed by atoms with van der Waals surface area (Å²) in [5.41, 5.74) is 0.231. The van der Waals surface area contributed by atoms with Gasteiger partial charge in [0.15, 0.2) is 5.96 Å². The van der Waals surface area contributed by atoms with E-state index in [0.717, 1.165) is 51.9 Å². The van der Waals surface area contributed by atoms with Crippen molar-refractivity contribution in [1.29, 1.82) is 0 Å². The van der Waals surface area contributed by atoms with E-state index < -0.39 is 0 Å². The molecule has 0 spiro atoms. The molecule has 23 heavy (non-hydrogen) atoms. The van der Waals surface area contributed by atoms with Crippen molar-refractivity contribution in [3.05, 3.63) is 0 Å². The predicted molar refractivity (Wildman–Crippen MR) is 111 cm³/mol. The van der Waals surface area contributed by atoms with Gasteiger partial charge in [0.25, 0.3) is 0 Å². The van der Waals surface area contributed by atoms with E-state index in [0.29, 0.717) is 5.92 Å². The lowest BCUT2D eigenvalue weighted by Crippen LogP contribution is -2.56. The Balaban J connectivity index is 0.00000264. The molecule has 1 unspecified atom stereocenters. The highest BCUT2D eigenvalue weighted by atomic mass is 127. The maximum absolute atomic E-state index is 5.52. The summed E-state index contributed by atoms with van der Waals surface area (Å²) in [5.74, 6) is 4.03. The lowest BCUT2D eigenvalue weighted by atomic mass is 9.96. The second kappa shape index (κ2) is 11.0. The first-order chi connectivity index (χ1) is 10.7. The van der Waals surface area contributed by atoms with Crippen molar-refractivity contribution in [3.8, 4) is 0 Å². The quantitative estimate of drug-likeness (QED) is 0.364. The Morgan fingerprint density at radius 1 is 1.30 bits per heavy atom. The molecule has 136 valence electrons. The summed E-state index contributed by atoms with van der Waals surface area (Å²) in [7, 11) is 0. The topological polar surface area (TPSA) is 48.9 Å². The number of hydrogen-bond acceptors (Lipinski definition) is 4. The van der Waals surface area contributed by atoms with Gasteiger partial charge in [-0.3, -0.25) is 9.89 Å². The van der Waals surface area contributed by atoms with Crippen molar-refractivity contribution in [2.75, 3.05) is 57.4 Å². The maximum Gasteiger partial charge on any atom is 0.191 e. The van der Waals surface area contributed by atoms with Crippen molar-refractivity contribution >= 4 is 41.7 Å². The van der Waals surface area contributed by atoms with Crippen molar-refractivity contribution in [3.63, 3.8) is 0 Å². The molecule has 0 saturated carbocycles. The van der Waals surface area contributed by atoms with E-state index in [1.807, 2.05) is 0 Å². The molecule has 1 atom stereocenters. The second-order valence-corrected chi connectivity index (χ2v) is 7.70. The van der Waals surface area contributed by atoms with Gasteiger partial charge in [-0.15, -0.1) is 24.0 Å². The molecule has 0 aromatic rings. The minimum absolute atomic E-state index is 0. The molecular formula is C16H33IN4OS. The lowest BCUT2D eigenvalue weighted by molar-refractivity contribution is -0.0104. The summed E-state index contributed by atoms with van der Waals surface area (Å²) < 4.78 is 5.52. The van der Waals surface area contributed by atoms with Crippen molar-refractivity contribution in [2.45, 2.75) is 32.7 Å². The highest BCUT2D eigenvalue weighted by Gasteiger charge is 2.40. The minimum Gasteiger partial charge on any atom is -0.379 e. The normalized spacial score (nSPS) is 26.2. The number of thioether (sulfide) groups is 1. The number of hydrogen-bond donors (Lipinski definition) is 2. The van der Waals surface area contributed by atoms with E-state index in [1.165, 1.54) is 17.9 Å². The van der Waals surface area contributed by atoms with Crippen molar-refractivity contribution in [1.82, 2.24) is 15.5 Å². The largest absolute Gasteiger partial charge is 0.379 e. The average Bonchev–Trinajstić information content (AvgIpc) is 3.01. The highest BCUT2D eigenvalue weighted by molar-refractivity contribution is 14.0. The summed E-state index contributed by atoms with van der Waals surface area (Å²) >= 11 is 2.07. The number of halogens is 1. The zero-order valence-electron chi connectivity index (χ0n) is 14.8. The van der Waals surface area contributed by atoms with Gasteiger partial charge >= 0.3 is 0 Å². The van der Waals surface area contributed by atoms with E-state index in [2.05, 4.69) is 48.1 Å². The number of aliphatic imine (C=N–C) groups is 1. The number of nitrogens with one attached hydrogen (secondary N) is 2. The molecule has 7 heteroatoms. The molecule has 2 aliphatic heterocycles. The van der Waals surface area contributed by atoms with Gasteiger partial charge in [0.2, 0.25) is 0 Å². The van der Waals surface area contributed by atoms with Crippen LogP contribution in [0.1, 0.15) is 27.2 Å². The highest BCUT2D eigenvalue weighted by Crippen LogP contribution is 2.34. The summed E-state index contributed by atoms with van der Waals surface area (Å²) in [6.07, 6.45) is 1.24. The molecule has 2 aliphatic rings. The van der Waals surface area contributed by atoms with Crippen LogP contribution in [0.3, 0.4) is 0 Å².